The molecule has 1 aromatic heterocycles. The van der Waals surface area contributed by atoms with E-state index in [0.29, 0.717) is 0 Å². The van der Waals surface area contributed by atoms with Gasteiger partial charge in [0.05, 0.1) is 11.4 Å². The van der Waals surface area contributed by atoms with Crippen LogP contribution in [0.1, 0.15) is 10.5 Å². The van der Waals surface area contributed by atoms with Crippen LogP contribution in [0.4, 0.5) is 11.4 Å². The predicted octanol–water partition coefficient (Wildman–Crippen LogP) is -0.123. The molecule has 5 nitrogen and oxygen atoms in total. The van der Waals surface area contributed by atoms with Crippen LogP contribution >= 0.6 is 0 Å². The molecule has 5 heteroatoms. The summed E-state index contributed by atoms with van der Waals surface area (Å²) < 4.78 is 0. The van der Waals surface area contributed by atoms with Crippen molar-refractivity contribution in [1.82, 2.24) is 4.98 Å². The number of carboxylic acid groups (broad SMARTS) is 1. The highest BCUT2D eigenvalue weighted by molar-refractivity contribution is 5.95. The van der Waals surface area contributed by atoms with E-state index < -0.39 is 5.97 Å². The number of aromatic carboxylic acids is 1. The van der Waals surface area contributed by atoms with Crippen LogP contribution in [-0.4, -0.2) is 16.1 Å². The van der Waals surface area contributed by atoms with Gasteiger partial charge in [0, 0.05) is 6.20 Å². The number of hydrogen-bond acceptors (Lipinski definition) is 3. The second-order valence-electron chi connectivity index (χ2n) is 1.84. The molecule has 0 atom stereocenters. The van der Waals surface area contributed by atoms with Crippen LogP contribution in [-0.2, 0) is 0 Å². The summed E-state index contributed by atoms with van der Waals surface area (Å²) in [4.78, 5) is 12.7. The number of nitrogens with one attached hydrogen (secondary N) is 1. The van der Waals surface area contributed by atoms with Crippen LogP contribution in [0.15, 0.2) is 6.20 Å². The molecule has 0 unspecified atom stereocenters. The molecule has 0 radical (unpaired) electrons. The van der Waals surface area contributed by atoms with Crippen LogP contribution in [0.25, 0.3) is 0 Å². The first-order valence-electron chi connectivity index (χ1n) is 2.58. The zero-order chi connectivity index (χ0) is 7.72. The SMILES string of the molecule is Nc1c[nH]c(C(=O)O)c1N. The third-order valence-corrected chi connectivity index (χ3v) is 1.17. The van der Waals surface area contributed by atoms with Gasteiger partial charge in [-0.2, -0.15) is 0 Å². The van der Waals surface area contributed by atoms with Crippen molar-refractivity contribution in [1.29, 1.82) is 0 Å². The minimum Gasteiger partial charge on any atom is -0.477 e. The number of aromatic amines is 1. The Labute approximate surface area is 56.6 Å². The summed E-state index contributed by atoms with van der Waals surface area (Å²) in [5, 5.41) is 8.41. The molecule has 1 heterocycles. The van der Waals surface area contributed by atoms with Gasteiger partial charge in [-0.15, -0.1) is 0 Å². The molecule has 6 N–H and O–H groups in total. The third-order valence-electron chi connectivity index (χ3n) is 1.17. The van der Waals surface area contributed by atoms with E-state index in [1.54, 1.807) is 0 Å². The molecule has 0 saturated heterocycles. The molecule has 0 saturated carbocycles. The van der Waals surface area contributed by atoms with Gasteiger partial charge in [-0.05, 0) is 0 Å². The summed E-state index contributed by atoms with van der Waals surface area (Å²) in [5.74, 6) is -1.10. The Morgan fingerprint density at radius 2 is 2.20 bits per heavy atom. The molecule has 0 fully saturated rings. The van der Waals surface area contributed by atoms with Gasteiger partial charge < -0.3 is 21.6 Å². The Bertz CT molecular complexity index is 266. The summed E-state index contributed by atoms with van der Waals surface area (Å²) in [5.41, 5.74) is 10.8. The minimum atomic E-state index is -1.10. The van der Waals surface area contributed by atoms with E-state index in [4.69, 9.17) is 16.6 Å². The maximum Gasteiger partial charge on any atom is 0.354 e. The molecule has 0 aliphatic rings. The molecule has 0 aliphatic carbocycles. The monoisotopic (exact) mass is 141 g/mol. The Hall–Kier alpha value is -1.65. The Morgan fingerprint density at radius 3 is 2.40 bits per heavy atom. The fourth-order valence-electron chi connectivity index (χ4n) is 0.627. The molecule has 0 spiro atoms. The summed E-state index contributed by atoms with van der Waals surface area (Å²) in [6.07, 6.45) is 1.35. The fraction of sp³-hybridized carbons (Fsp3) is 0. The third kappa shape index (κ3) is 0.771. The number of H-pyrrole nitrogens is 1. The predicted molar refractivity (Wildman–Crippen MR) is 36.6 cm³/mol. The lowest BCUT2D eigenvalue weighted by atomic mass is 10.3. The van der Waals surface area contributed by atoms with Crippen LogP contribution < -0.4 is 11.5 Å². The van der Waals surface area contributed by atoms with Gasteiger partial charge >= 0.3 is 5.97 Å². The summed E-state index contributed by atoms with van der Waals surface area (Å²) in [6, 6.07) is 0. The van der Waals surface area contributed by atoms with Crippen molar-refractivity contribution >= 4 is 17.3 Å². The van der Waals surface area contributed by atoms with Crippen molar-refractivity contribution < 1.29 is 9.90 Å². The van der Waals surface area contributed by atoms with Gasteiger partial charge in [0.25, 0.3) is 0 Å². The van der Waals surface area contributed by atoms with E-state index in [2.05, 4.69) is 4.98 Å². The quantitative estimate of drug-likeness (QED) is 0.437. The summed E-state index contributed by atoms with van der Waals surface area (Å²) in [7, 11) is 0. The second-order valence-corrected chi connectivity index (χ2v) is 1.84. The molecule has 1 aromatic rings. The van der Waals surface area contributed by atoms with Crippen molar-refractivity contribution in [3.8, 4) is 0 Å². The first kappa shape index (κ1) is 6.47. The lowest BCUT2D eigenvalue weighted by Crippen LogP contribution is -2.01. The summed E-state index contributed by atoms with van der Waals surface area (Å²) in [6.45, 7) is 0. The lowest BCUT2D eigenvalue weighted by Gasteiger charge is -1.90. The van der Waals surface area contributed by atoms with Crippen LogP contribution in [0, 0.1) is 0 Å². The number of rotatable bonds is 1. The number of hydrogen-bond donors (Lipinski definition) is 4. The molecule has 0 bridgehead atoms. The fourth-order valence-corrected chi connectivity index (χ4v) is 0.627. The van der Waals surface area contributed by atoms with Gasteiger partial charge in [0.1, 0.15) is 5.69 Å². The van der Waals surface area contributed by atoms with Gasteiger partial charge in [0.2, 0.25) is 0 Å². The highest BCUT2D eigenvalue weighted by atomic mass is 16.4. The average molecular weight is 141 g/mol. The molecule has 1 rings (SSSR count). The Balaban J connectivity index is 3.17. The maximum absolute atomic E-state index is 10.3. The normalized spacial score (nSPS) is 9.60. The molecule has 54 valence electrons. The number of aromatic nitrogens is 1. The van der Waals surface area contributed by atoms with Gasteiger partial charge in [-0.25, -0.2) is 4.79 Å². The number of nitrogen functional groups attached to an aromatic ring is 2. The van der Waals surface area contributed by atoms with Crippen molar-refractivity contribution in [2.75, 3.05) is 11.5 Å². The lowest BCUT2D eigenvalue weighted by molar-refractivity contribution is 0.0692. The van der Waals surface area contributed by atoms with Gasteiger partial charge in [-0.3, -0.25) is 0 Å². The van der Waals surface area contributed by atoms with Crippen molar-refractivity contribution in [3.63, 3.8) is 0 Å². The van der Waals surface area contributed by atoms with Crippen LogP contribution in [0.5, 0.6) is 0 Å². The highest BCUT2D eigenvalue weighted by Crippen LogP contribution is 2.17. The number of carbonyl (C=O) groups is 1. The van der Waals surface area contributed by atoms with Crippen molar-refractivity contribution in [2.24, 2.45) is 0 Å². The Kier molecular flexibility index (Phi) is 1.26. The minimum absolute atomic E-state index is 0.0579. The molecule has 0 amide bonds. The molecule has 10 heavy (non-hydrogen) atoms. The molecule has 0 aliphatic heterocycles. The van der Waals surface area contributed by atoms with E-state index in [1.165, 1.54) is 6.20 Å². The molecular formula is C5H7N3O2. The van der Waals surface area contributed by atoms with E-state index in [-0.39, 0.29) is 17.1 Å². The zero-order valence-electron chi connectivity index (χ0n) is 5.09. The molecular weight excluding hydrogens is 134 g/mol. The van der Waals surface area contributed by atoms with Crippen molar-refractivity contribution in [3.05, 3.63) is 11.9 Å². The number of anilines is 2. The van der Waals surface area contributed by atoms with E-state index >= 15 is 0 Å². The van der Waals surface area contributed by atoms with E-state index in [1.807, 2.05) is 0 Å². The topological polar surface area (TPSA) is 105 Å². The largest absolute Gasteiger partial charge is 0.477 e. The average Bonchev–Trinajstić information content (AvgIpc) is 2.14. The Morgan fingerprint density at radius 1 is 1.60 bits per heavy atom. The first-order valence-corrected chi connectivity index (χ1v) is 2.58. The number of carboxylic acids is 1. The van der Waals surface area contributed by atoms with Gasteiger partial charge in [0.15, 0.2) is 0 Å². The second kappa shape index (κ2) is 1.94. The van der Waals surface area contributed by atoms with Gasteiger partial charge in [-0.1, -0.05) is 0 Å². The van der Waals surface area contributed by atoms with E-state index in [9.17, 15) is 4.79 Å². The highest BCUT2D eigenvalue weighted by Gasteiger charge is 2.10. The summed E-state index contributed by atoms with van der Waals surface area (Å²) >= 11 is 0. The smallest absolute Gasteiger partial charge is 0.354 e. The van der Waals surface area contributed by atoms with E-state index in [0.717, 1.165) is 0 Å². The van der Waals surface area contributed by atoms with Crippen LogP contribution in [0.3, 0.4) is 0 Å². The molecule has 0 aromatic carbocycles. The first-order chi connectivity index (χ1) is 4.63. The zero-order valence-corrected chi connectivity index (χ0v) is 5.09. The standard InChI is InChI=1S/C5H7N3O2/c6-2-1-8-4(3(2)7)5(9)10/h1,8H,6-7H2,(H,9,10). The van der Waals surface area contributed by atoms with Crippen LogP contribution in [0.2, 0.25) is 0 Å². The number of nitrogens with two attached hydrogens (primary N) is 2. The van der Waals surface area contributed by atoms with Crippen molar-refractivity contribution in [2.45, 2.75) is 0 Å². The maximum atomic E-state index is 10.3.